The molecule has 1 fully saturated rings. The predicted octanol–water partition coefficient (Wildman–Crippen LogP) is 4.36. The molecule has 3 nitrogen and oxygen atoms in total. The fraction of sp³-hybridized carbons (Fsp3) is 0.278. The van der Waals surface area contributed by atoms with E-state index in [9.17, 15) is 0 Å². The van der Waals surface area contributed by atoms with Gasteiger partial charge in [0.1, 0.15) is 5.82 Å². The topological polar surface area (TPSA) is 40.7 Å². The molecule has 1 heterocycles. The van der Waals surface area contributed by atoms with Crippen molar-refractivity contribution in [3.63, 3.8) is 0 Å². The molecule has 2 aromatic carbocycles. The molecule has 1 aliphatic rings. The number of aromatic nitrogens is 2. The van der Waals surface area contributed by atoms with E-state index < -0.39 is 0 Å². The van der Waals surface area contributed by atoms with Gasteiger partial charge in [0, 0.05) is 12.2 Å². The second-order valence-electron chi connectivity index (χ2n) is 5.92. The summed E-state index contributed by atoms with van der Waals surface area (Å²) in [6, 6.07) is 15.3. The van der Waals surface area contributed by atoms with Gasteiger partial charge in [-0.1, -0.05) is 24.3 Å². The minimum atomic E-state index is 0.832. The third kappa shape index (κ3) is 2.64. The quantitative estimate of drug-likeness (QED) is 0.744. The minimum Gasteiger partial charge on any atom is -0.381 e. The lowest BCUT2D eigenvalue weighted by Crippen LogP contribution is -1.99. The van der Waals surface area contributed by atoms with Crippen molar-refractivity contribution in [3.05, 3.63) is 59.4 Å². The average molecular weight is 277 g/mol. The van der Waals surface area contributed by atoms with Gasteiger partial charge in [-0.15, -0.1) is 0 Å². The van der Waals surface area contributed by atoms with Gasteiger partial charge in [-0.25, -0.2) is 4.98 Å². The lowest BCUT2D eigenvalue weighted by molar-refractivity contribution is 1.10. The number of hydrogen-bond donors (Lipinski definition) is 2. The number of aryl methyl sites for hydroxylation is 1. The summed E-state index contributed by atoms with van der Waals surface area (Å²) < 4.78 is 0. The van der Waals surface area contributed by atoms with E-state index in [2.05, 4.69) is 57.7 Å². The van der Waals surface area contributed by atoms with Crippen LogP contribution in [0.2, 0.25) is 0 Å². The second-order valence-corrected chi connectivity index (χ2v) is 5.92. The summed E-state index contributed by atoms with van der Waals surface area (Å²) in [5.41, 5.74) is 6.04. The van der Waals surface area contributed by atoms with Crippen LogP contribution in [0.25, 0.3) is 11.0 Å². The van der Waals surface area contributed by atoms with Crippen molar-refractivity contribution in [2.75, 3.05) is 5.32 Å². The molecule has 0 radical (unpaired) electrons. The van der Waals surface area contributed by atoms with Gasteiger partial charge in [0.15, 0.2) is 0 Å². The monoisotopic (exact) mass is 277 g/mol. The third-order valence-electron chi connectivity index (χ3n) is 4.13. The van der Waals surface area contributed by atoms with Crippen LogP contribution in [0.15, 0.2) is 42.5 Å². The summed E-state index contributed by atoms with van der Waals surface area (Å²) in [5.74, 6) is 1.79. The number of aromatic amines is 1. The zero-order valence-corrected chi connectivity index (χ0v) is 12.2. The first-order valence-electron chi connectivity index (χ1n) is 7.57. The van der Waals surface area contributed by atoms with Crippen LogP contribution in [0, 0.1) is 6.92 Å². The summed E-state index contributed by atoms with van der Waals surface area (Å²) in [4.78, 5) is 7.69. The lowest BCUT2D eigenvalue weighted by atomic mass is 10.1. The number of H-pyrrole nitrogens is 1. The van der Waals surface area contributed by atoms with E-state index in [-0.39, 0.29) is 0 Å². The predicted molar refractivity (Wildman–Crippen MR) is 86.6 cm³/mol. The van der Waals surface area contributed by atoms with Crippen LogP contribution >= 0.6 is 0 Å². The highest BCUT2D eigenvalue weighted by Gasteiger charge is 2.22. The molecular weight excluding hydrogens is 258 g/mol. The van der Waals surface area contributed by atoms with Crippen LogP contribution in [-0.4, -0.2) is 9.97 Å². The smallest absolute Gasteiger partial charge is 0.104 e. The van der Waals surface area contributed by atoms with Crippen LogP contribution in [0.1, 0.15) is 35.7 Å². The van der Waals surface area contributed by atoms with Crippen LogP contribution in [-0.2, 0) is 6.54 Å². The summed E-state index contributed by atoms with van der Waals surface area (Å²) >= 11 is 0. The van der Waals surface area contributed by atoms with Gasteiger partial charge >= 0.3 is 0 Å². The number of rotatable bonds is 4. The van der Waals surface area contributed by atoms with Gasteiger partial charge in [-0.05, 0) is 55.0 Å². The number of nitrogens with one attached hydrogen (secondary N) is 2. The maximum atomic E-state index is 4.42. The molecule has 21 heavy (non-hydrogen) atoms. The van der Waals surface area contributed by atoms with E-state index >= 15 is 0 Å². The first-order chi connectivity index (χ1) is 10.3. The molecule has 1 saturated carbocycles. The van der Waals surface area contributed by atoms with Gasteiger partial charge in [0.25, 0.3) is 0 Å². The Morgan fingerprint density at radius 2 is 1.95 bits per heavy atom. The van der Waals surface area contributed by atoms with Crippen molar-refractivity contribution in [2.45, 2.75) is 32.2 Å². The Labute approximate surface area is 124 Å². The second kappa shape index (κ2) is 4.92. The maximum absolute atomic E-state index is 4.42. The SMILES string of the molecule is Cc1nc2ccc(NCc3ccc(C4CC4)cc3)cc2[nH]1. The first-order valence-corrected chi connectivity index (χ1v) is 7.57. The summed E-state index contributed by atoms with van der Waals surface area (Å²) in [6.45, 7) is 2.83. The van der Waals surface area contributed by atoms with E-state index in [0.717, 1.165) is 35.0 Å². The van der Waals surface area contributed by atoms with Gasteiger partial charge in [-0.2, -0.15) is 0 Å². The third-order valence-corrected chi connectivity index (χ3v) is 4.13. The van der Waals surface area contributed by atoms with Crippen LogP contribution < -0.4 is 5.32 Å². The Balaban J connectivity index is 1.46. The maximum Gasteiger partial charge on any atom is 0.104 e. The van der Waals surface area contributed by atoms with Crippen LogP contribution in [0.4, 0.5) is 5.69 Å². The highest BCUT2D eigenvalue weighted by Crippen LogP contribution is 2.39. The zero-order valence-electron chi connectivity index (χ0n) is 12.2. The lowest BCUT2D eigenvalue weighted by Gasteiger charge is -2.07. The zero-order chi connectivity index (χ0) is 14.2. The van der Waals surface area contributed by atoms with Crippen molar-refractivity contribution < 1.29 is 0 Å². The van der Waals surface area contributed by atoms with Gasteiger partial charge < -0.3 is 10.3 Å². The molecule has 3 aromatic rings. The van der Waals surface area contributed by atoms with E-state index in [1.165, 1.54) is 24.0 Å². The number of fused-ring (bicyclic) bond motifs is 1. The van der Waals surface area contributed by atoms with Crippen LogP contribution in [0.5, 0.6) is 0 Å². The van der Waals surface area contributed by atoms with E-state index in [4.69, 9.17) is 0 Å². The number of anilines is 1. The molecular formula is C18H19N3. The average Bonchev–Trinajstić information content (AvgIpc) is 3.27. The summed E-state index contributed by atoms with van der Waals surface area (Å²) in [7, 11) is 0. The van der Waals surface area contributed by atoms with Crippen molar-refractivity contribution in [1.29, 1.82) is 0 Å². The molecule has 0 atom stereocenters. The van der Waals surface area contributed by atoms with Gasteiger partial charge in [0.2, 0.25) is 0 Å². The summed E-state index contributed by atoms with van der Waals surface area (Å²) in [5, 5.41) is 3.48. The molecule has 0 aliphatic heterocycles. The molecule has 0 unspecified atom stereocenters. The normalized spacial score (nSPS) is 14.5. The van der Waals surface area contributed by atoms with Crippen molar-refractivity contribution in [1.82, 2.24) is 9.97 Å². The number of imidazole rings is 1. The highest BCUT2D eigenvalue weighted by molar-refractivity contribution is 5.79. The number of nitrogens with zero attached hydrogens (tertiary/aromatic N) is 1. The molecule has 1 aromatic heterocycles. The Morgan fingerprint density at radius 3 is 2.71 bits per heavy atom. The fourth-order valence-corrected chi connectivity index (χ4v) is 2.78. The van der Waals surface area contributed by atoms with E-state index in [1.807, 2.05) is 6.92 Å². The van der Waals surface area contributed by atoms with Crippen molar-refractivity contribution in [2.24, 2.45) is 0 Å². The van der Waals surface area contributed by atoms with E-state index in [0.29, 0.717) is 0 Å². The Kier molecular flexibility index (Phi) is 2.92. The molecule has 2 N–H and O–H groups in total. The standard InChI is InChI=1S/C18H19N3/c1-12-20-17-9-8-16(10-18(17)21-12)19-11-13-2-4-14(5-3-13)15-6-7-15/h2-5,8-10,15,19H,6-7,11H2,1H3,(H,20,21). The van der Waals surface area contributed by atoms with Gasteiger partial charge in [0.05, 0.1) is 11.0 Å². The minimum absolute atomic E-state index is 0.832. The molecule has 0 saturated heterocycles. The molecule has 0 amide bonds. The molecule has 0 bridgehead atoms. The Bertz CT molecular complexity index is 767. The molecule has 1 aliphatic carbocycles. The fourth-order valence-electron chi connectivity index (χ4n) is 2.78. The molecule has 4 rings (SSSR count). The Morgan fingerprint density at radius 1 is 1.14 bits per heavy atom. The number of hydrogen-bond acceptors (Lipinski definition) is 2. The van der Waals surface area contributed by atoms with Gasteiger partial charge in [-0.3, -0.25) is 0 Å². The van der Waals surface area contributed by atoms with Crippen LogP contribution in [0.3, 0.4) is 0 Å². The summed E-state index contributed by atoms with van der Waals surface area (Å²) in [6.07, 6.45) is 2.72. The van der Waals surface area contributed by atoms with Crippen molar-refractivity contribution in [3.8, 4) is 0 Å². The van der Waals surface area contributed by atoms with Crippen molar-refractivity contribution >= 4 is 16.7 Å². The molecule has 106 valence electrons. The highest BCUT2D eigenvalue weighted by atomic mass is 14.9. The van der Waals surface area contributed by atoms with E-state index in [1.54, 1.807) is 0 Å². The largest absolute Gasteiger partial charge is 0.381 e. The first kappa shape index (κ1) is 12.5. The molecule has 0 spiro atoms. The number of benzene rings is 2. The molecule has 3 heteroatoms. The Hall–Kier alpha value is -2.29.